The second kappa shape index (κ2) is 5.70. The van der Waals surface area contributed by atoms with E-state index in [1.54, 1.807) is 0 Å². The number of esters is 2. The standard InChI is InChI=1S/C14H12F3NO4/c1-3-22-13(20)10-8-6-7(12(19)21-2)4-5-9(8)18-11(10)14(15,16)17/h4-6,18H,3H2,1-2H3. The number of ether oxygens (including phenoxy) is 2. The Kier molecular flexibility index (Phi) is 4.11. The van der Waals surface area contributed by atoms with Gasteiger partial charge >= 0.3 is 18.1 Å². The van der Waals surface area contributed by atoms with Gasteiger partial charge in [-0.15, -0.1) is 0 Å². The highest BCUT2D eigenvalue weighted by Gasteiger charge is 2.39. The molecular formula is C14H12F3NO4. The topological polar surface area (TPSA) is 68.4 Å². The monoisotopic (exact) mass is 315 g/mol. The van der Waals surface area contributed by atoms with Crippen molar-refractivity contribution < 1.29 is 32.2 Å². The molecule has 0 unspecified atom stereocenters. The van der Waals surface area contributed by atoms with Gasteiger partial charge in [0, 0.05) is 10.9 Å². The number of halogens is 3. The molecule has 1 aromatic heterocycles. The zero-order chi connectivity index (χ0) is 16.5. The SMILES string of the molecule is CCOC(=O)c1c(C(F)(F)F)[nH]c2ccc(C(=O)OC)cc12. The van der Waals surface area contributed by atoms with Gasteiger partial charge in [-0.1, -0.05) is 0 Å². The Morgan fingerprint density at radius 3 is 2.45 bits per heavy atom. The number of fused-ring (bicyclic) bond motifs is 1. The summed E-state index contributed by atoms with van der Waals surface area (Å²) in [5.41, 5.74) is -1.74. The highest BCUT2D eigenvalue weighted by atomic mass is 19.4. The van der Waals surface area contributed by atoms with Crippen molar-refractivity contribution in [2.24, 2.45) is 0 Å². The smallest absolute Gasteiger partial charge is 0.432 e. The highest BCUT2D eigenvalue weighted by molar-refractivity contribution is 6.07. The molecule has 0 saturated heterocycles. The normalized spacial score (nSPS) is 11.5. The Labute approximate surface area is 123 Å². The van der Waals surface area contributed by atoms with Crippen LogP contribution in [0, 0.1) is 0 Å². The lowest BCUT2D eigenvalue weighted by atomic mass is 10.1. The van der Waals surface area contributed by atoms with Gasteiger partial charge in [0.25, 0.3) is 0 Å². The van der Waals surface area contributed by atoms with Crippen LogP contribution in [0.4, 0.5) is 13.2 Å². The molecule has 0 atom stereocenters. The van der Waals surface area contributed by atoms with E-state index in [1.807, 2.05) is 0 Å². The van der Waals surface area contributed by atoms with Crippen LogP contribution >= 0.6 is 0 Å². The van der Waals surface area contributed by atoms with Crippen molar-refractivity contribution in [3.8, 4) is 0 Å². The van der Waals surface area contributed by atoms with E-state index in [0.29, 0.717) is 0 Å². The van der Waals surface area contributed by atoms with Crippen molar-refractivity contribution in [2.45, 2.75) is 13.1 Å². The summed E-state index contributed by atoms with van der Waals surface area (Å²) in [6, 6.07) is 3.75. The molecule has 0 spiro atoms. The van der Waals surface area contributed by atoms with E-state index in [0.717, 1.165) is 7.11 Å². The molecule has 0 aliphatic heterocycles. The van der Waals surface area contributed by atoms with Crippen LogP contribution in [0.5, 0.6) is 0 Å². The van der Waals surface area contributed by atoms with Gasteiger partial charge in [0.05, 0.1) is 24.8 Å². The van der Waals surface area contributed by atoms with Gasteiger partial charge in [-0.25, -0.2) is 9.59 Å². The van der Waals surface area contributed by atoms with Crippen molar-refractivity contribution in [1.82, 2.24) is 4.98 Å². The molecule has 0 amide bonds. The molecule has 0 bridgehead atoms. The summed E-state index contributed by atoms with van der Waals surface area (Å²) in [4.78, 5) is 25.5. The number of hydrogen-bond acceptors (Lipinski definition) is 4. The van der Waals surface area contributed by atoms with Crippen LogP contribution in [-0.4, -0.2) is 30.6 Å². The van der Waals surface area contributed by atoms with Gasteiger partial charge in [0.15, 0.2) is 0 Å². The summed E-state index contributed by atoms with van der Waals surface area (Å²) >= 11 is 0. The lowest BCUT2D eigenvalue weighted by Crippen LogP contribution is -2.14. The van der Waals surface area contributed by atoms with Crippen LogP contribution in [0.1, 0.15) is 33.3 Å². The molecule has 0 aliphatic carbocycles. The van der Waals surface area contributed by atoms with Crippen LogP contribution in [-0.2, 0) is 15.7 Å². The van der Waals surface area contributed by atoms with Gasteiger partial charge < -0.3 is 14.5 Å². The zero-order valence-corrected chi connectivity index (χ0v) is 11.7. The summed E-state index contributed by atoms with van der Waals surface area (Å²) < 4.78 is 48.4. The van der Waals surface area contributed by atoms with Gasteiger partial charge in [-0.05, 0) is 25.1 Å². The first-order chi connectivity index (χ1) is 10.3. The first-order valence-electron chi connectivity index (χ1n) is 6.28. The number of carbonyl (C=O) groups is 2. The molecule has 0 saturated carbocycles. The maximum atomic E-state index is 13.1. The molecule has 0 aliphatic rings. The third-order valence-corrected chi connectivity index (χ3v) is 2.98. The molecule has 2 aromatic rings. The Bertz CT molecular complexity index is 733. The lowest BCUT2D eigenvalue weighted by molar-refractivity contribution is -0.141. The number of carbonyl (C=O) groups excluding carboxylic acids is 2. The minimum Gasteiger partial charge on any atom is -0.465 e. The summed E-state index contributed by atoms with van der Waals surface area (Å²) in [5.74, 6) is -1.82. The lowest BCUT2D eigenvalue weighted by Gasteiger charge is -2.07. The Balaban J connectivity index is 2.73. The van der Waals surface area contributed by atoms with Crippen molar-refractivity contribution >= 4 is 22.8 Å². The molecule has 5 nitrogen and oxygen atoms in total. The van der Waals surface area contributed by atoms with E-state index in [9.17, 15) is 22.8 Å². The number of methoxy groups -OCH3 is 1. The van der Waals surface area contributed by atoms with E-state index in [1.165, 1.54) is 25.1 Å². The van der Waals surface area contributed by atoms with E-state index >= 15 is 0 Å². The molecule has 1 heterocycles. The van der Waals surface area contributed by atoms with Crippen molar-refractivity contribution in [2.75, 3.05) is 13.7 Å². The van der Waals surface area contributed by atoms with E-state index < -0.39 is 29.4 Å². The predicted octanol–water partition coefficient (Wildman–Crippen LogP) is 3.15. The summed E-state index contributed by atoms with van der Waals surface area (Å²) in [6.07, 6.45) is -4.76. The van der Waals surface area contributed by atoms with Gasteiger partial charge in [0.1, 0.15) is 5.69 Å². The van der Waals surface area contributed by atoms with Crippen molar-refractivity contribution in [3.05, 3.63) is 35.0 Å². The summed E-state index contributed by atoms with van der Waals surface area (Å²) in [5, 5.41) is -0.0475. The number of aromatic nitrogens is 1. The van der Waals surface area contributed by atoms with Crippen LogP contribution in [0.2, 0.25) is 0 Å². The molecule has 2 rings (SSSR count). The van der Waals surface area contributed by atoms with E-state index in [-0.39, 0.29) is 23.1 Å². The molecule has 1 aromatic carbocycles. The maximum Gasteiger partial charge on any atom is 0.432 e. The molecule has 0 radical (unpaired) electrons. The number of H-pyrrole nitrogens is 1. The van der Waals surface area contributed by atoms with E-state index in [2.05, 4.69) is 14.5 Å². The second-order valence-corrected chi connectivity index (χ2v) is 4.35. The second-order valence-electron chi connectivity index (χ2n) is 4.35. The fourth-order valence-corrected chi connectivity index (χ4v) is 2.06. The third-order valence-electron chi connectivity index (χ3n) is 2.98. The number of benzene rings is 1. The minimum absolute atomic E-state index is 0.0354. The Morgan fingerprint density at radius 1 is 1.23 bits per heavy atom. The predicted molar refractivity (Wildman–Crippen MR) is 70.6 cm³/mol. The molecule has 22 heavy (non-hydrogen) atoms. The first kappa shape index (κ1) is 15.9. The van der Waals surface area contributed by atoms with Crippen LogP contribution < -0.4 is 0 Å². The number of aromatic amines is 1. The molecule has 118 valence electrons. The molecular weight excluding hydrogens is 303 g/mol. The van der Waals surface area contributed by atoms with E-state index in [4.69, 9.17) is 0 Å². The maximum absolute atomic E-state index is 13.1. The first-order valence-corrected chi connectivity index (χ1v) is 6.28. The highest BCUT2D eigenvalue weighted by Crippen LogP contribution is 2.36. The number of nitrogens with one attached hydrogen (secondary N) is 1. The molecule has 8 heteroatoms. The van der Waals surface area contributed by atoms with Crippen molar-refractivity contribution in [3.63, 3.8) is 0 Å². The minimum atomic E-state index is -4.76. The van der Waals surface area contributed by atoms with Gasteiger partial charge in [0.2, 0.25) is 0 Å². The van der Waals surface area contributed by atoms with Crippen molar-refractivity contribution in [1.29, 1.82) is 0 Å². The molecule has 0 fully saturated rings. The van der Waals surface area contributed by atoms with Gasteiger partial charge in [-0.2, -0.15) is 13.2 Å². The van der Waals surface area contributed by atoms with Gasteiger partial charge in [-0.3, -0.25) is 0 Å². The van der Waals surface area contributed by atoms with Crippen LogP contribution in [0.25, 0.3) is 10.9 Å². The van der Waals surface area contributed by atoms with Crippen LogP contribution in [0.15, 0.2) is 18.2 Å². The number of alkyl halides is 3. The number of rotatable bonds is 3. The largest absolute Gasteiger partial charge is 0.465 e. The fraction of sp³-hybridized carbons (Fsp3) is 0.286. The van der Waals surface area contributed by atoms with Crippen LogP contribution in [0.3, 0.4) is 0 Å². The Hall–Kier alpha value is -2.51. The average Bonchev–Trinajstić information content (AvgIpc) is 2.85. The summed E-state index contributed by atoms with van der Waals surface area (Å²) in [6.45, 7) is 1.42. The zero-order valence-electron chi connectivity index (χ0n) is 11.7. The Morgan fingerprint density at radius 2 is 1.91 bits per heavy atom. The average molecular weight is 315 g/mol. The number of hydrogen-bond donors (Lipinski definition) is 1. The fourth-order valence-electron chi connectivity index (χ4n) is 2.06. The quantitative estimate of drug-likeness (QED) is 0.884. The summed E-state index contributed by atoms with van der Waals surface area (Å²) in [7, 11) is 1.15. The molecule has 1 N–H and O–H groups in total. The third kappa shape index (κ3) is 2.76.